The van der Waals surface area contributed by atoms with Crippen molar-refractivity contribution in [2.45, 2.75) is 33.6 Å². The Morgan fingerprint density at radius 3 is 2.21 bits per heavy atom. The highest BCUT2D eigenvalue weighted by Gasteiger charge is 2.26. The predicted molar refractivity (Wildman–Crippen MR) is 176 cm³/mol. The minimum atomic E-state index is -0.718. The number of esters is 3. The Balaban J connectivity index is 1.35. The molecule has 48 heavy (non-hydrogen) atoms. The van der Waals surface area contributed by atoms with E-state index in [0.29, 0.717) is 13.0 Å². The van der Waals surface area contributed by atoms with E-state index in [0.717, 1.165) is 45.0 Å². The van der Waals surface area contributed by atoms with Crippen molar-refractivity contribution < 1.29 is 37.8 Å². The average molecular weight is 657 g/mol. The van der Waals surface area contributed by atoms with E-state index in [-0.39, 0.29) is 45.1 Å². The molecule has 5 rings (SSSR count). The van der Waals surface area contributed by atoms with Crippen molar-refractivity contribution in [1.29, 1.82) is 0 Å². The molecule has 0 unspecified atom stereocenters. The maximum atomic E-state index is 14.0. The van der Waals surface area contributed by atoms with Crippen LogP contribution in [0.15, 0.2) is 70.0 Å². The van der Waals surface area contributed by atoms with Crippen LogP contribution in [0.5, 0.6) is 17.2 Å². The summed E-state index contributed by atoms with van der Waals surface area (Å²) >= 11 is 0. The molecule has 13 heteroatoms. The minimum absolute atomic E-state index is 0.0362. The second-order valence-electron chi connectivity index (χ2n) is 11.2. The van der Waals surface area contributed by atoms with Crippen LogP contribution < -0.4 is 29.9 Å². The number of hydrogen-bond donors (Lipinski definition) is 1. The molecule has 0 spiro atoms. The van der Waals surface area contributed by atoms with Gasteiger partial charge in [-0.2, -0.15) is 0 Å². The van der Waals surface area contributed by atoms with Crippen LogP contribution in [0.25, 0.3) is 22.3 Å². The van der Waals surface area contributed by atoms with E-state index in [1.54, 1.807) is 12.3 Å². The van der Waals surface area contributed by atoms with Gasteiger partial charge in [0.2, 0.25) is 5.43 Å². The highest BCUT2D eigenvalue weighted by Crippen LogP contribution is 2.36. The SMILES string of the molecule is CC(=O)Oc1ccc(-c2oc3cccc(OC(C)=O)c3c(=O)c2C(=O)NCCCCN2CCN(c3ccccn3)CC2)cc1OC(C)=O. The maximum absolute atomic E-state index is 14.0. The van der Waals surface area contributed by atoms with Gasteiger partial charge in [-0.15, -0.1) is 0 Å². The highest BCUT2D eigenvalue weighted by atomic mass is 16.6. The standard InChI is InChI=1S/C35H36N4O9/c1-22(40)45-26-13-12-25(21-29(26)47-24(3)42)34-32(33(43)31-27(46-23(2)41)9-8-10-28(31)48-34)35(44)37-15-6-7-16-38-17-19-39(20-18-38)30-11-4-5-14-36-30/h4-5,8-14,21H,6-7,15-20H2,1-3H3,(H,37,44). The molecule has 13 nitrogen and oxygen atoms in total. The minimum Gasteiger partial charge on any atom is -0.455 e. The number of fused-ring (bicyclic) bond motifs is 1. The summed E-state index contributed by atoms with van der Waals surface area (Å²) in [4.78, 5) is 72.0. The molecule has 2 aromatic carbocycles. The molecule has 1 saturated heterocycles. The summed E-state index contributed by atoms with van der Waals surface area (Å²) in [6, 6.07) is 14.5. The van der Waals surface area contributed by atoms with Gasteiger partial charge in [-0.05, 0) is 61.9 Å². The molecule has 0 atom stereocenters. The molecule has 4 aromatic rings. The lowest BCUT2D eigenvalue weighted by atomic mass is 10.0. The quantitative estimate of drug-likeness (QED) is 0.141. The molecule has 0 saturated carbocycles. The molecule has 2 aromatic heterocycles. The monoisotopic (exact) mass is 656 g/mol. The summed E-state index contributed by atoms with van der Waals surface area (Å²) in [6.45, 7) is 8.28. The van der Waals surface area contributed by atoms with Crippen molar-refractivity contribution in [3.63, 3.8) is 0 Å². The third-order valence-electron chi connectivity index (χ3n) is 7.61. The molecule has 0 radical (unpaired) electrons. The van der Waals surface area contributed by atoms with Gasteiger partial charge < -0.3 is 28.8 Å². The first-order valence-corrected chi connectivity index (χ1v) is 15.6. The van der Waals surface area contributed by atoms with Crippen LogP contribution >= 0.6 is 0 Å². The van der Waals surface area contributed by atoms with E-state index in [9.17, 15) is 24.0 Å². The van der Waals surface area contributed by atoms with Gasteiger partial charge in [-0.1, -0.05) is 12.1 Å². The number of hydrogen-bond acceptors (Lipinski definition) is 12. The number of nitrogens with zero attached hydrogens (tertiary/aromatic N) is 3. The highest BCUT2D eigenvalue weighted by molar-refractivity contribution is 6.03. The van der Waals surface area contributed by atoms with Gasteiger partial charge in [0.15, 0.2) is 17.3 Å². The molecule has 250 valence electrons. The smallest absolute Gasteiger partial charge is 0.308 e. The first kappa shape index (κ1) is 33.8. The summed E-state index contributed by atoms with van der Waals surface area (Å²) in [6.07, 6.45) is 3.27. The Hall–Kier alpha value is -5.56. The van der Waals surface area contributed by atoms with Gasteiger partial charge in [-0.25, -0.2) is 4.98 Å². The van der Waals surface area contributed by atoms with Crippen LogP contribution in [0.1, 0.15) is 44.0 Å². The maximum Gasteiger partial charge on any atom is 0.308 e. The zero-order chi connectivity index (χ0) is 34.2. The van der Waals surface area contributed by atoms with Crippen LogP contribution in [0.4, 0.5) is 5.82 Å². The first-order chi connectivity index (χ1) is 23.1. The van der Waals surface area contributed by atoms with E-state index in [2.05, 4.69) is 20.1 Å². The van der Waals surface area contributed by atoms with Crippen LogP contribution in [0, 0.1) is 0 Å². The van der Waals surface area contributed by atoms with E-state index >= 15 is 0 Å². The Labute approximate surface area is 276 Å². The molecule has 1 N–H and O–H groups in total. The zero-order valence-electron chi connectivity index (χ0n) is 26.9. The third kappa shape index (κ3) is 8.23. The molecule has 0 aliphatic carbocycles. The molecule has 1 aliphatic heterocycles. The number of carbonyl (C=O) groups is 4. The van der Waals surface area contributed by atoms with E-state index in [1.165, 1.54) is 51.1 Å². The molecular weight excluding hydrogens is 620 g/mol. The molecule has 1 aliphatic rings. The summed E-state index contributed by atoms with van der Waals surface area (Å²) in [5.41, 5.74) is -0.785. The van der Waals surface area contributed by atoms with Crippen molar-refractivity contribution in [2.75, 3.05) is 44.2 Å². The Morgan fingerprint density at radius 1 is 0.812 bits per heavy atom. The van der Waals surface area contributed by atoms with E-state index in [4.69, 9.17) is 18.6 Å². The van der Waals surface area contributed by atoms with Crippen LogP contribution in [0.2, 0.25) is 0 Å². The van der Waals surface area contributed by atoms with Crippen LogP contribution in [-0.4, -0.2) is 73.0 Å². The third-order valence-corrected chi connectivity index (χ3v) is 7.61. The van der Waals surface area contributed by atoms with Gasteiger partial charge in [-0.3, -0.25) is 28.9 Å². The second kappa shape index (κ2) is 15.4. The number of rotatable bonds is 11. The first-order valence-electron chi connectivity index (χ1n) is 15.6. The van der Waals surface area contributed by atoms with Crippen LogP contribution in [0.3, 0.4) is 0 Å². The summed E-state index contributed by atoms with van der Waals surface area (Å²) in [5, 5.41) is 2.75. The van der Waals surface area contributed by atoms with Crippen molar-refractivity contribution in [3.05, 3.63) is 76.6 Å². The molecule has 1 amide bonds. The van der Waals surface area contributed by atoms with Gasteiger partial charge in [0.25, 0.3) is 5.91 Å². The summed E-state index contributed by atoms with van der Waals surface area (Å²) in [5.74, 6) is -2.01. The van der Waals surface area contributed by atoms with E-state index < -0.39 is 29.2 Å². The normalized spacial score (nSPS) is 13.2. The number of anilines is 1. The van der Waals surface area contributed by atoms with Gasteiger partial charge in [0, 0.05) is 65.3 Å². The molecule has 0 bridgehead atoms. The molecule has 3 heterocycles. The van der Waals surface area contributed by atoms with Gasteiger partial charge in [0.05, 0.1) is 0 Å². The fraction of sp³-hybridized carbons (Fsp3) is 0.314. The Bertz CT molecular complexity index is 1880. The predicted octanol–water partition coefficient (Wildman–Crippen LogP) is 3.96. The van der Waals surface area contributed by atoms with E-state index in [1.807, 2.05) is 18.2 Å². The largest absolute Gasteiger partial charge is 0.455 e. The van der Waals surface area contributed by atoms with Gasteiger partial charge >= 0.3 is 17.9 Å². The number of aromatic nitrogens is 1. The van der Waals surface area contributed by atoms with Crippen LogP contribution in [-0.2, 0) is 14.4 Å². The number of carbonyl (C=O) groups excluding carboxylic acids is 4. The van der Waals surface area contributed by atoms with Gasteiger partial charge in [0.1, 0.15) is 28.1 Å². The fourth-order valence-electron chi connectivity index (χ4n) is 5.47. The summed E-state index contributed by atoms with van der Waals surface area (Å²) < 4.78 is 21.8. The number of amides is 1. The fourth-order valence-corrected chi connectivity index (χ4v) is 5.47. The summed E-state index contributed by atoms with van der Waals surface area (Å²) in [7, 11) is 0. The van der Waals surface area contributed by atoms with Crippen molar-refractivity contribution >= 4 is 40.6 Å². The average Bonchev–Trinajstić information content (AvgIpc) is 3.05. The van der Waals surface area contributed by atoms with Crippen molar-refractivity contribution in [2.24, 2.45) is 0 Å². The lowest BCUT2D eigenvalue weighted by Gasteiger charge is -2.35. The lowest BCUT2D eigenvalue weighted by molar-refractivity contribution is -0.134. The Morgan fingerprint density at radius 2 is 1.52 bits per heavy atom. The number of ether oxygens (including phenoxy) is 3. The van der Waals surface area contributed by atoms with Crippen molar-refractivity contribution in [1.82, 2.24) is 15.2 Å². The lowest BCUT2D eigenvalue weighted by Crippen LogP contribution is -2.47. The number of pyridine rings is 1. The number of benzene rings is 2. The van der Waals surface area contributed by atoms with Crippen molar-refractivity contribution in [3.8, 4) is 28.6 Å². The molecular formula is C35H36N4O9. The second-order valence-corrected chi connectivity index (χ2v) is 11.2. The number of nitrogens with one attached hydrogen (secondary N) is 1. The Kier molecular flexibility index (Phi) is 10.8. The number of piperazine rings is 1. The topological polar surface area (TPSA) is 158 Å². The zero-order valence-corrected chi connectivity index (χ0v) is 26.9. The number of unbranched alkanes of at least 4 members (excludes halogenated alkanes) is 1. The molecule has 1 fully saturated rings.